The van der Waals surface area contributed by atoms with Gasteiger partial charge in [0.25, 0.3) is 5.91 Å². The molecule has 0 fully saturated rings. The van der Waals surface area contributed by atoms with Crippen LogP contribution in [0.25, 0.3) is 11.3 Å². The smallest absolute Gasteiger partial charge is 0.273 e. The molecule has 1 aliphatic rings. The summed E-state index contributed by atoms with van der Waals surface area (Å²) in [6.45, 7) is 7.86. The van der Waals surface area contributed by atoms with E-state index >= 15 is 0 Å². The zero-order valence-corrected chi connectivity index (χ0v) is 19.4. The van der Waals surface area contributed by atoms with Crippen LogP contribution in [0.2, 0.25) is 0 Å². The summed E-state index contributed by atoms with van der Waals surface area (Å²) in [6.07, 6.45) is 2.84. The number of aromatic nitrogens is 2. The molecule has 0 aliphatic carbocycles. The fourth-order valence-electron chi connectivity index (χ4n) is 4.30. The number of fused-ring (bicyclic) bond motifs is 1. The molecular weight excluding hydrogens is 418 g/mol. The number of hydrogen-bond donors (Lipinski definition) is 2. The Morgan fingerprint density at radius 1 is 1.06 bits per heavy atom. The second-order valence-corrected chi connectivity index (χ2v) is 8.12. The molecule has 0 saturated heterocycles. The van der Waals surface area contributed by atoms with Gasteiger partial charge in [0, 0.05) is 17.7 Å². The molecule has 2 N–H and O–H groups in total. The molecule has 1 aromatic heterocycles. The van der Waals surface area contributed by atoms with Crippen LogP contribution in [0, 0.1) is 0 Å². The van der Waals surface area contributed by atoms with Crippen LogP contribution in [-0.2, 0) is 0 Å². The number of hydrogen-bond acceptors (Lipinski definition) is 5. The monoisotopic (exact) mass is 449 g/mol. The number of aromatic hydroxyl groups is 1. The number of phenols is 1. The number of benzene rings is 2. The van der Waals surface area contributed by atoms with Crippen LogP contribution < -0.4 is 9.47 Å². The third-order valence-electron chi connectivity index (χ3n) is 5.83. The van der Waals surface area contributed by atoms with Gasteiger partial charge in [0.1, 0.15) is 17.1 Å². The van der Waals surface area contributed by atoms with Gasteiger partial charge in [-0.25, -0.2) is 0 Å². The summed E-state index contributed by atoms with van der Waals surface area (Å²) in [6, 6.07) is 12.6. The normalized spacial score (nSPS) is 15.1. The second kappa shape index (κ2) is 9.98. The van der Waals surface area contributed by atoms with Crippen molar-refractivity contribution in [1.29, 1.82) is 0 Å². The van der Waals surface area contributed by atoms with E-state index in [1.165, 1.54) is 0 Å². The first-order chi connectivity index (χ1) is 16.1. The highest BCUT2D eigenvalue weighted by atomic mass is 16.5. The average molecular weight is 450 g/mol. The minimum Gasteiger partial charge on any atom is -0.507 e. The van der Waals surface area contributed by atoms with Crippen molar-refractivity contribution in [3.63, 3.8) is 0 Å². The first-order valence-corrected chi connectivity index (χ1v) is 11.7. The van der Waals surface area contributed by atoms with Gasteiger partial charge in [-0.05, 0) is 49.6 Å². The molecule has 3 aromatic rings. The number of nitrogens with one attached hydrogen (secondary N) is 1. The molecule has 2 heterocycles. The van der Waals surface area contributed by atoms with Crippen LogP contribution in [-0.4, -0.2) is 45.9 Å². The van der Waals surface area contributed by atoms with Gasteiger partial charge in [0.15, 0.2) is 11.5 Å². The summed E-state index contributed by atoms with van der Waals surface area (Å²) in [5, 5.41) is 17.8. The van der Waals surface area contributed by atoms with Crippen molar-refractivity contribution in [2.45, 2.75) is 46.1 Å². The molecule has 174 valence electrons. The Morgan fingerprint density at radius 3 is 2.61 bits per heavy atom. The maximum Gasteiger partial charge on any atom is 0.273 e. The van der Waals surface area contributed by atoms with E-state index in [4.69, 9.17) is 9.47 Å². The lowest BCUT2D eigenvalue weighted by atomic mass is 9.95. The van der Waals surface area contributed by atoms with Crippen molar-refractivity contribution >= 4 is 5.91 Å². The van der Waals surface area contributed by atoms with Crippen molar-refractivity contribution in [2.75, 3.05) is 19.8 Å². The molecule has 0 radical (unpaired) electrons. The van der Waals surface area contributed by atoms with Gasteiger partial charge in [-0.3, -0.25) is 9.89 Å². The summed E-state index contributed by atoms with van der Waals surface area (Å²) in [7, 11) is 0. The summed E-state index contributed by atoms with van der Waals surface area (Å²) < 4.78 is 11.9. The average Bonchev–Trinajstić information content (AvgIpc) is 3.35. The molecule has 4 rings (SSSR count). The molecular formula is C26H31N3O4. The van der Waals surface area contributed by atoms with Crippen LogP contribution in [0.4, 0.5) is 0 Å². The summed E-state index contributed by atoms with van der Waals surface area (Å²) in [5.41, 5.74) is 3.34. The van der Waals surface area contributed by atoms with Gasteiger partial charge < -0.3 is 19.5 Å². The molecule has 0 unspecified atom stereocenters. The molecule has 0 saturated carbocycles. The van der Waals surface area contributed by atoms with Crippen LogP contribution in [0.1, 0.15) is 67.7 Å². The van der Waals surface area contributed by atoms with Crippen molar-refractivity contribution in [3.05, 3.63) is 59.3 Å². The number of rotatable bonds is 10. The quantitative estimate of drug-likeness (QED) is 0.409. The third-order valence-corrected chi connectivity index (χ3v) is 5.83. The fraction of sp³-hybridized carbons (Fsp3) is 0.385. The van der Waals surface area contributed by atoms with E-state index < -0.39 is 0 Å². The lowest BCUT2D eigenvalue weighted by Gasteiger charge is -2.26. The Bertz CT molecular complexity index is 1120. The highest BCUT2D eigenvalue weighted by Crippen LogP contribution is 2.45. The predicted octanol–water partition coefficient (Wildman–Crippen LogP) is 5.32. The zero-order valence-electron chi connectivity index (χ0n) is 19.4. The van der Waals surface area contributed by atoms with Gasteiger partial charge in [-0.15, -0.1) is 0 Å². The molecule has 1 aliphatic heterocycles. The topological polar surface area (TPSA) is 87.7 Å². The lowest BCUT2D eigenvalue weighted by Crippen LogP contribution is -2.30. The van der Waals surface area contributed by atoms with Gasteiger partial charge in [0.2, 0.25) is 0 Å². The fourth-order valence-corrected chi connectivity index (χ4v) is 4.30. The maximum absolute atomic E-state index is 13.3. The molecule has 7 nitrogen and oxygen atoms in total. The largest absolute Gasteiger partial charge is 0.507 e. The van der Waals surface area contributed by atoms with E-state index in [0.29, 0.717) is 48.2 Å². The number of nitrogens with zero attached hydrogens (tertiary/aromatic N) is 2. The van der Waals surface area contributed by atoms with E-state index in [0.717, 1.165) is 30.4 Å². The van der Waals surface area contributed by atoms with Crippen LogP contribution in [0.5, 0.6) is 17.2 Å². The third kappa shape index (κ3) is 4.27. The second-order valence-electron chi connectivity index (χ2n) is 8.12. The number of unbranched alkanes of at least 4 members (excludes halogenated alkanes) is 1. The van der Waals surface area contributed by atoms with Crippen molar-refractivity contribution in [3.8, 4) is 28.5 Å². The van der Waals surface area contributed by atoms with E-state index in [1.54, 1.807) is 12.1 Å². The van der Waals surface area contributed by atoms with Gasteiger partial charge >= 0.3 is 0 Å². The lowest BCUT2D eigenvalue weighted by molar-refractivity contribution is 0.0743. The number of H-pyrrole nitrogens is 1. The van der Waals surface area contributed by atoms with Crippen molar-refractivity contribution in [1.82, 2.24) is 15.1 Å². The highest BCUT2D eigenvalue weighted by Gasteiger charge is 2.42. The number of phenolic OH excluding ortho intramolecular Hbond substituents is 1. The van der Waals surface area contributed by atoms with Crippen LogP contribution >= 0.6 is 0 Å². The Labute approximate surface area is 194 Å². The number of aromatic amines is 1. The SMILES string of the molecule is CCCCOc1ccc([C@H]2c3c(-c4ccccc4O)n[nH]c3C(=O)N2CCC)cc1OCC. The number of carbonyl (C=O) groups excluding carboxylic acids is 1. The van der Waals surface area contributed by atoms with E-state index in [-0.39, 0.29) is 17.7 Å². The molecule has 1 amide bonds. The highest BCUT2D eigenvalue weighted by molar-refractivity contribution is 6.00. The molecule has 0 bridgehead atoms. The molecule has 33 heavy (non-hydrogen) atoms. The summed E-state index contributed by atoms with van der Waals surface area (Å²) in [4.78, 5) is 15.1. The Balaban J connectivity index is 1.81. The van der Waals surface area contributed by atoms with E-state index in [9.17, 15) is 9.90 Å². The molecule has 1 atom stereocenters. The molecule has 0 spiro atoms. The number of para-hydroxylation sites is 1. The number of amides is 1. The first kappa shape index (κ1) is 22.7. The van der Waals surface area contributed by atoms with Crippen molar-refractivity contribution < 1.29 is 19.4 Å². The maximum atomic E-state index is 13.3. The van der Waals surface area contributed by atoms with Crippen LogP contribution in [0.15, 0.2) is 42.5 Å². The van der Waals surface area contributed by atoms with Gasteiger partial charge in [0.05, 0.1) is 19.3 Å². The minimum atomic E-state index is -0.343. The Morgan fingerprint density at radius 2 is 1.88 bits per heavy atom. The molecule has 7 heteroatoms. The van der Waals surface area contributed by atoms with E-state index in [1.807, 2.05) is 42.2 Å². The number of ether oxygens (including phenoxy) is 2. The van der Waals surface area contributed by atoms with Gasteiger partial charge in [-0.2, -0.15) is 5.10 Å². The summed E-state index contributed by atoms with van der Waals surface area (Å²) in [5.74, 6) is 1.40. The first-order valence-electron chi connectivity index (χ1n) is 11.7. The molecule has 2 aromatic carbocycles. The predicted molar refractivity (Wildman–Crippen MR) is 127 cm³/mol. The van der Waals surface area contributed by atoms with Crippen molar-refractivity contribution in [2.24, 2.45) is 0 Å². The van der Waals surface area contributed by atoms with Gasteiger partial charge in [-0.1, -0.05) is 38.5 Å². The Kier molecular flexibility index (Phi) is 6.87. The minimum absolute atomic E-state index is 0.0905. The zero-order chi connectivity index (χ0) is 23.4. The summed E-state index contributed by atoms with van der Waals surface area (Å²) >= 11 is 0. The van der Waals surface area contributed by atoms with Crippen LogP contribution in [0.3, 0.4) is 0 Å². The number of carbonyl (C=O) groups is 1. The standard InChI is InChI=1S/C26H31N3O4/c1-4-7-15-33-20-13-12-17(16-21(20)32-6-3)25-22-23(18-10-8-9-11-19(18)30)27-28-24(22)26(31)29(25)14-5-2/h8-13,16,25,30H,4-7,14-15H2,1-3H3,(H,27,28)/t25-/m0/s1. The Hall–Kier alpha value is -3.48. The van der Waals surface area contributed by atoms with E-state index in [2.05, 4.69) is 24.0 Å².